The number of hydrogen-bond acceptors (Lipinski definition) is 2. The minimum Gasteiger partial charge on any atom is -0.343 e. The molecule has 1 heterocycles. The Kier molecular flexibility index (Phi) is 3.78. The highest BCUT2D eigenvalue weighted by atomic mass is 32.1. The molecule has 1 aromatic heterocycles. The lowest BCUT2D eigenvalue weighted by atomic mass is 10.1. The second-order valence-electron chi connectivity index (χ2n) is 6.25. The molecule has 0 aliphatic heterocycles. The van der Waals surface area contributed by atoms with Crippen molar-refractivity contribution in [2.45, 2.75) is 20.3 Å². The normalized spacial score (nSPS) is 11.3. The second kappa shape index (κ2) is 5.95. The van der Waals surface area contributed by atoms with Crippen LogP contribution in [0.3, 0.4) is 0 Å². The Labute approximate surface area is 147 Å². The maximum atomic E-state index is 2.34. The van der Waals surface area contributed by atoms with Crippen LogP contribution in [0.2, 0.25) is 0 Å². The molecule has 2 heteroatoms. The van der Waals surface area contributed by atoms with Crippen LogP contribution in [-0.2, 0) is 6.42 Å². The molecule has 0 unspecified atom stereocenters. The Morgan fingerprint density at radius 1 is 0.792 bits per heavy atom. The molecule has 3 aromatic carbocycles. The first-order chi connectivity index (χ1) is 11.7. The Hall–Kier alpha value is -2.32. The Bertz CT molecular complexity index is 1030. The summed E-state index contributed by atoms with van der Waals surface area (Å²) in [6, 6.07) is 22.0. The minimum absolute atomic E-state index is 1.04. The van der Waals surface area contributed by atoms with Crippen LogP contribution in [0.1, 0.15) is 18.1 Å². The highest BCUT2D eigenvalue weighted by Crippen LogP contribution is 2.42. The van der Waals surface area contributed by atoms with Gasteiger partial charge in [-0.15, -0.1) is 11.3 Å². The van der Waals surface area contributed by atoms with Crippen LogP contribution in [0.5, 0.6) is 0 Å². The van der Waals surface area contributed by atoms with Crippen molar-refractivity contribution in [3.63, 3.8) is 0 Å². The number of thiophene rings is 1. The number of anilines is 2. The average molecular weight is 331 g/mol. The quantitative estimate of drug-likeness (QED) is 0.404. The molecule has 0 bridgehead atoms. The second-order valence-corrected chi connectivity index (χ2v) is 7.27. The van der Waals surface area contributed by atoms with Crippen LogP contribution in [0, 0.1) is 6.92 Å². The summed E-state index contributed by atoms with van der Waals surface area (Å²) in [5, 5.41) is 2.73. The molecule has 0 N–H and O–H groups in total. The summed E-state index contributed by atoms with van der Waals surface area (Å²) >= 11 is 1.91. The zero-order valence-corrected chi connectivity index (χ0v) is 15.2. The van der Waals surface area contributed by atoms with Crippen LogP contribution in [0.15, 0.2) is 60.7 Å². The summed E-state index contributed by atoms with van der Waals surface area (Å²) in [6.45, 7) is 4.42. The van der Waals surface area contributed by atoms with Gasteiger partial charge in [-0.1, -0.05) is 55.5 Å². The van der Waals surface area contributed by atoms with Crippen molar-refractivity contribution < 1.29 is 0 Å². The molecule has 0 aliphatic carbocycles. The van der Waals surface area contributed by atoms with E-state index in [4.69, 9.17) is 0 Å². The third-order valence-electron chi connectivity index (χ3n) is 4.80. The van der Waals surface area contributed by atoms with Gasteiger partial charge in [0.2, 0.25) is 0 Å². The van der Waals surface area contributed by atoms with E-state index in [1.807, 2.05) is 11.3 Å². The fourth-order valence-corrected chi connectivity index (χ4v) is 4.80. The Morgan fingerprint density at radius 3 is 2.25 bits per heavy atom. The maximum Gasteiger partial charge on any atom is 0.0592 e. The number of fused-ring (bicyclic) bond motifs is 3. The van der Waals surface area contributed by atoms with Crippen LogP contribution in [0.25, 0.3) is 20.2 Å². The summed E-state index contributed by atoms with van der Waals surface area (Å²) in [6.07, 6.45) is 1.04. The molecule has 0 amide bonds. The minimum atomic E-state index is 1.04. The highest BCUT2D eigenvalue weighted by Gasteiger charge is 2.14. The molecule has 24 heavy (non-hydrogen) atoms. The molecule has 1 nitrogen and oxygen atoms in total. The topological polar surface area (TPSA) is 3.24 Å². The van der Waals surface area contributed by atoms with Crippen molar-refractivity contribution in [2.75, 3.05) is 11.9 Å². The number of aryl methyl sites for hydroxylation is 2. The summed E-state index contributed by atoms with van der Waals surface area (Å²) in [7, 11) is 2.18. The van der Waals surface area contributed by atoms with Gasteiger partial charge in [-0.05, 0) is 36.6 Å². The van der Waals surface area contributed by atoms with E-state index in [0.29, 0.717) is 0 Å². The zero-order chi connectivity index (χ0) is 16.7. The SMILES string of the molecule is CCc1ccccc1N(C)c1cccc2c1sc1c(C)cccc12. The number of benzene rings is 3. The molecule has 0 fully saturated rings. The molecule has 4 rings (SSSR count). The van der Waals surface area contributed by atoms with Crippen molar-refractivity contribution in [3.05, 3.63) is 71.8 Å². The van der Waals surface area contributed by atoms with Crippen molar-refractivity contribution in [3.8, 4) is 0 Å². The van der Waals surface area contributed by atoms with Gasteiger partial charge in [0.15, 0.2) is 0 Å². The lowest BCUT2D eigenvalue weighted by molar-refractivity contribution is 1.10. The Morgan fingerprint density at radius 2 is 1.46 bits per heavy atom. The molecule has 0 radical (unpaired) electrons. The molecule has 0 aliphatic rings. The van der Waals surface area contributed by atoms with Crippen molar-refractivity contribution in [1.29, 1.82) is 0 Å². The van der Waals surface area contributed by atoms with Gasteiger partial charge in [-0.3, -0.25) is 0 Å². The van der Waals surface area contributed by atoms with E-state index in [2.05, 4.69) is 86.5 Å². The van der Waals surface area contributed by atoms with Crippen LogP contribution in [0.4, 0.5) is 11.4 Å². The molecule has 4 aromatic rings. The van der Waals surface area contributed by atoms with Gasteiger partial charge in [0.05, 0.1) is 10.4 Å². The van der Waals surface area contributed by atoms with Crippen LogP contribution >= 0.6 is 11.3 Å². The fraction of sp³-hybridized carbons (Fsp3) is 0.182. The molecule has 0 saturated carbocycles. The van der Waals surface area contributed by atoms with E-state index in [1.165, 1.54) is 42.7 Å². The standard InChI is InChI=1S/C22H21NS/c1-4-16-10-5-6-13-19(16)23(3)20-14-8-12-18-17-11-7-9-15(2)21(17)24-22(18)20/h5-14H,4H2,1-3H3. The number of nitrogens with zero attached hydrogens (tertiary/aromatic N) is 1. The monoisotopic (exact) mass is 331 g/mol. The first-order valence-electron chi connectivity index (χ1n) is 8.43. The van der Waals surface area contributed by atoms with E-state index in [-0.39, 0.29) is 0 Å². The summed E-state index contributed by atoms with van der Waals surface area (Å²) in [4.78, 5) is 2.34. The summed E-state index contributed by atoms with van der Waals surface area (Å²) in [5.74, 6) is 0. The number of hydrogen-bond donors (Lipinski definition) is 0. The lowest BCUT2D eigenvalue weighted by Gasteiger charge is -2.23. The van der Waals surface area contributed by atoms with Gasteiger partial charge < -0.3 is 4.90 Å². The first-order valence-corrected chi connectivity index (χ1v) is 9.25. The number of rotatable bonds is 3. The predicted molar refractivity (Wildman–Crippen MR) is 108 cm³/mol. The summed E-state index contributed by atoms with van der Waals surface area (Å²) < 4.78 is 2.77. The largest absolute Gasteiger partial charge is 0.343 e. The van der Waals surface area contributed by atoms with E-state index < -0.39 is 0 Å². The fourth-order valence-electron chi connectivity index (χ4n) is 3.48. The van der Waals surface area contributed by atoms with Crippen LogP contribution in [-0.4, -0.2) is 7.05 Å². The van der Waals surface area contributed by atoms with E-state index in [0.717, 1.165) is 6.42 Å². The zero-order valence-electron chi connectivity index (χ0n) is 14.3. The molecular weight excluding hydrogens is 310 g/mol. The highest BCUT2D eigenvalue weighted by molar-refractivity contribution is 7.26. The third-order valence-corrected chi connectivity index (χ3v) is 6.17. The molecule has 0 saturated heterocycles. The van der Waals surface area contributed by atoms with Gasteiger partial charge in [0, 0.05) is 28.2 Å². The Balaban J connectivity index is 1.97. The van der Waals surface area contributed by atoms with Crippen molar-refractivity contribution in [2.24, 2.45) is 0 Å². The molecular formula is C22H21NS. The maximum absolute atomic E-state index is 2.34. The van der Waals surface area contributed by atoms with E-state index >= 15 is 0 Å². The predicted octanol–water partition coefficient (Wildman–Crippen LogP) is 6.69. The number of para-hydroxylation sites is 1. The summed E-state index contributed by atoms with van der Waals surface area (Å²) in [5.41, 5.74) is 5.32. The molecule has 0 atom stereocenters. The van der Waals surface area contributed by atoms with Crippen LogP contribution < -0.4 is 4.90 Å². The van der Waals surface area contributed by atoms with Gasteiger partial charge in [0.25, 0.3) is 0 Å². The first kappa shape index (κ1) is 15.2. The third kappa shape index (κ3) is 2.30. The van der Waals surface area contributed by atoms with Gasteiger partial charge >= 0.3 is 0 Å². The van der Waals surface area contributed by atoms with Gasteiger partial charge in [0.1, 0.15) is 0 Å². The molecule has 120 valence electrons. The van der Waals surface area contributed by atoms with E-state index in [1.54, 1.807) is 0 Å². The smallest absolute Gasteiger partial charge is 0.0592 e. The van der Waals surface area contributed by atoms with Gasteiger partial charge in [-0.25, -0.2) is 0 Å². The lowest BCUT2D eigenvalue weighted by Crippen LogP contribution is -2.11. The van der Waals surface area contributed by atoms with Crippen molar-refractivity contribution in [1.82, 2.24) is 0 Å². The average Bonchev–Trinajstić information content (AvgIpc) is 3.01. The van der Waals surface area contributed by atoms with Crippen molar-refractivity contribution >= 4 is 42.9 Å². The van der Waals surface area contributed by atoms with Gasteiger partial charge in [-0.2, -0.15) is 0 Å². The molecule has 0 spiro atoms. The van der Waals surface area contributed by atoms with E-state index in [9.17, 15) is 0 Å².